The Labute approximate surface area is 128 Å². The molecule has 1 fully saturated rings. The van der Waals surface area contributed by atoms with Crippen LogP contribution in [0.4, 0.5) is 13.6 Å². The molecule has 1 saturated heterocycles. The highest BCUT2D eigenvalue weighted by atomic mass is 127. The summed E-state index contributed by atoms with van der Waals surface area (Å²) in [6.07, 6.45) is -0.871. The first-order chi connectivity index (χ1) is 8.31. The normalized spacial score (nSPS) is 22.2. The Bertz CT molecular complexity index is 487. The maximum Gasteiger partial charge on any atom is 0.408 e. The van der Waals surface area contributed by atoms with Crippen LogP contribution in [0.2, 0.25) is 0 Å². The van der Waals surface area contributed by atoms with Crippen molar-refractivity contribution in [1.82, 2.24) is 5.32 Å². The molecule has 1 aromatic carbocycles. The first-order valence-corrected chi connectivity index (χ1v) is 6.96. The summed E-state index contributed by atoms with van der Waals surface area (Å²) in [6.45, 7) is -0.947. The minimum Gasteiger partial charge on any atom is -0.506 e. The summed E-state index contributed by atoms with van der Waals surface area (Å²) in [4.78, 5) is 11.1. The topological polar surface area (TPSA) is 58.6 Å². The molecule has 1 aliphatic heterocycles. The molecule has 1 heterocycles. The number of phenols is 1. The quantitative estimate of drug-likeness (QED) is 0.607. The monoisotopic (exact) mass is 481 g/mol. The van der Waals surface area contributed by atoms with Gasteiger partial charge in [0.1, 0.15) is 11.8 Å². The average Bonchev–Trinajstić information content (AvgIpc) is 2.28. The lowest BCUT2D eigenvalue weighted by atomic mass is 10.00. The van der Waals surface area contributed by atoms with Gasteiger partial charge in [-0.2, -0.15) is 0 Å². The Kier molecular flexibility index (Phi) is 3.85. The molecule has 4 nitrogen and oxygen atoms in total. The zero-order valence-electron chi connectivity index (χ0n) is 8.71. The molecule has 2 N–H and O–H groups in total. The molecule has 8 heteroatoms. The average molecular weight is 481 g/mol. The van der Waals surface area contributed by atoms with Crippen molar-refractivity contribution >= 4 is 51.3 Å². The van der Waals surface area contributed by atoms with Gasteiger partial charge in [0.2, 0.25) is 0 Å². The van der Waals surface area contributed by atoms with Gasteiger partial charge in [-0.15, -0.1) is 0 Å². The van der Waals surface area contributed by atoms with Crippen molar-refractivity contribution in [2.24, 2.45) is 0 Å². The van der Waals surface area contributed by atoms with Crippen LogP contribution in [0.3, 0.4) is 0 Å². The molecule has 0 saturated carbocycles. The number of rotatable bonds is 1. The van der Waals surface area contributed by atoms with Gasteiger partial charge in [-0.3, -0.25) is 0 Å². The molecule has 0 spiro atoms. The minimum absolute atomic E-state index is 0.0432. The number of alkyl carbamates (subject to hydrolysis) is 1. The van der Waals surface area contributed by atoms with Gasteiger partial charge < -0.3 is 15.2 Å². The number of amides is 1. The number of hydrogen-bond acceptors (Lipinski definition) is 3. The summed E-state index contributed by atoms with van der Waals surface area (Å²) in [5.41, 5.74) is 0.239. The van der Waals surface area contributed by atoms with Gasteiger partial charge >= 0.3 is 12.0 Å². The second-order valence-electron chi connectivity index (χ2n) is 3.75. The molecule has 2 rings (SSSR count). The second kappa shape index (κ2) is 4.94. The van der Waals surface area contributed by atoms with Crippen molar-refractivity contribution in [1.29, 1.82) is 0 Å². The fourth-order valence-electron chi connectivity index (χ4n) is 1.59. The Balaban J connectivity index is 2.43. The third kappa shape index (κ3) is 2.63. The van der Waals surface area contributed by atoms with Crippen molar-refractivity contribution in [3.8, 4) is 5.75 Å². The van der Waals surface area contributed by atoms with Gasteiger partial charge in [0.25, 0.3) is 0 Å². The van der Waals surface area contributed by atoms with Crippen LogP contribution in [0.25, 0.3) is 0 Å². The third-order valence-electron chi connectivity index (χ3n) is 2.45. The number of aromatic hydroxyl groups is 1. The summed E-state index contributed by atoms with van der Waals surface area (Å²) < 4.78 is 32.5. The summed E-state index contributed by atoms with van der Waals surface area (Å²) in [7, 11) is 0. The van der Waals surface area contributed by atoms with E-state index in [2.05, 4.69) is 10.1 Å². The zero-order valence-corrected chi connectivity index (χ0v) is 13.0. The van der Waals surface area contributed by atoms with Crippen LogP contribution in [0.5, 0.6) is 5.75 Å². The molecule has 1 aliphatic rings. The number of benzene rings is 1. The van der Waals surface area contributed by atoms with E-state index >= 15 is 0 Å². The summed E-state index contributed by atoms with van der Waals surface area (Å²) >= 11 is 3.69. The molecule has 0 radical (unpaired) electrons. The highest BCUT2D eigenvalue weighted by Crippen LogP contribution is 2.37. The van der Waals surface area contributed by atoms with E-state index in [9.17, 15) is 18.7 Å². The Hall–Kier alpha value is -0.390. The van der Waals surface area contributed by atoms with E-state index in [4.69, 9.17) is 0 Å². The van der Waals surface area contributed by atoms with Crippen molar-refractivity contribution in [3.63, 3.8) is 0 Å². The van der Waals surface area contributed by atoms with E-state index in [-0.39, 0.29) is 11.3 Å². The number of phenolic OH excluding ortho intramolecular Hbond substituents is 1. The van der Waals surface area contributed by atoms with E-state index in [1.54, 1.807) is 0 Å². The SMILES string of the molecule is O=C1N[C@H](c2cc(I)c(O)c(I)c2)C(F)(F)CO1. The van der Waals surface area contributed by atoms with Crippen LogP contribution < -0.4 is 5.32 Å². The van der Waals surface area contributed by atoms with E-state index in [1.165, 1.54) is 12.1 Å². The van der Waals surface area contributed by atoms with Crippen LogP contribution in [-0.2, 0) is 4.74 Å². The maximum atomic E-state index is 13.7. The highest BCUT2D eigenvalue weighted by molar-refractivity contribution is 14.1. The molecule has 1 amide bonds. The molecule has 0 aliphatic carbocycles. The van der Waals surface area contributed by atoms with E-state index in [1.807, 2.05) is 45.2 Å². The number of halogens is 4. The second-order valence-corrected chi connectivity index (χ2v) is 6.07. The van der Waals surface area contributed by atoms with E-state index in [0.717, 1.165) is 0 Å². The Morgan fingerprint density at radius 2 is 1.94 bits per heavy atom. The first-order valence-electron chi connectivity index (χ1n) is 4.80. The first kappa shape index (κ1) is 14.0. The largest absolute Gasteiger partial charge is 0.506 e. The number of hydrogen-bond donors (Lipinski definition) is 2. The fraction of sp³-hybridized carbons (Fsp3) is 0.300. The highest BCUT2D eigenvalue weighted by Gasteiger charge is 2.47. The fourth-order valence-corrected chi connectivity index (χ4v) is 3.41. The summed E-state index contributed by atoms with van der Waals surface area (Å²) in [5.74, 6) is -3.14. The number of cyclic esters (lactones) is 1. The number of carbonyl (C=O) groups excluding carboxylic acids is 1. The van der Waals surface area contributed by atoms with Gasteiger partial charge in [0, 0.05) is 0 Å². The molecule has 0 aromatic heterocycles. The van der Waals surface area contributed by atoms with Crippen LogP contribution in [0.1, 0.15) is 11.6 Å². The van der Waals surface area contributed by atoms with Crippen LogP contribution in [0, 0.1) is 7.14 Å². The van der Waals surface area contributed by atoms with Gasteiger partial charge in [-0.25, -0.2) is 13.6 Å². The lowest BCUT2D eigenvalue weighted by molar-refractivity contribution is -0.104. The van der Waals surface area contributed by atoms with Crippen molar-refractivity contribution in [2.45, 2.75) is 12.0 Å². The van der Waals surface area contributed by atoms with Gasteiger partial charge in [-0.1, -0.05) is 0 Å². The number of carbonyl (C=O) groups is 1. The number of alkyl halides is 2. The summed E-state index contributed by atoms with van der Waals surface area (Å²) in [6, 6.07) is 1.39. The number of ether oxygens (including phenoxy) is 1. The molecule has 0 unspecified atom stereocenters. The van der Waals surface area contributed by atoms with Crippen molar-refractivity contribution in [2.75, 3.05) is 6.61 Å². The Morgan fingerprint density at radius 1 is 1.39 bits per heavy atom. The molecular formula is C10H7F2I2NO3. The summed E-state index contributed by atoms with van der Waals surface area (Å²) in [5, 5.41) is 11.7. The predicted molar refractivity (Wildman–Crippen MR) is 75.7 cm³/mol. The molecule has 18 heavy (non-hydrogen) atoms. The molecule has 0 bridgehead atoms. The Morgan fingerprint density at radius 3 is 2.50 bits per heavy atom. The van der Waals surface area contributed by atoms with Gasteiger partial charge in [-0.05, 0) is 62.9 Å². The maximum absolute atomic E-state index is 13.7. The molecule has 1 atom stereocenters. The standard InChI is InChI=1S/C10H7F2I2NO3/c11-10(12)3-18-9(17)15-8(10)4-1-5(13)7(16)6(14)2-4/h1-2,8,16H,3H2,(H,15,17)/t8-/m1/s1. The van der Waals surface area contributed by atoms with Crippen LogP contribution in [0.15, 0.2) is 12.1 Å². The van der Waals surface area contributed by atoms with Crippen LogP contribution >= 0.6 is 45.2 Å². The minimum atomic E-state index is -3.18. The van der Waals surface area contributed by atoms with Gasteiger partial charge in [0.05, 0.1) is 7.14 Å². The molecular weight excluding hydrogens is 474 g/mol. The third-order valence-corrected chi connectivity index (χ3v) is 4.10. The number of nitrogens with one attached hydrogen (secondary N) is 1. The van der Waals surface area contributed by atoms with Crippen molar-refractivity contribution in [3.05, 3.63) is 24.8 Å². The molecule has 98 valence electrons. The van der Waals surface area contributed by atoms with E-state index in [0.29, 0.717) is 7.14 Å². The predicted octanol–water partition coefficient (Wildman–Crippen LogP) is 3.02. The smallest absolute Gasteiger partial charge is 0.408 e. The lowest BCUT2D eigenvalue weighted by Gasteiger charge is -2.32. The lowest BCUT2D eigenvalue weighted by Crippen LogP contribution is -2.49. The van der Waals surface area contributed by atoms with Gasteiger partial charge in [0.15, 0.2) is 6.61 Å². The van der Waals surface area contributed by atoms with E-state index < -0.39 is 24.7 Å². The van der Waals surface area contributed by atoms with Crippen molar-refractivity contribution < 1.29 is 23.4 Å². The van der Waals surface area contributed by atoms with Crippen LogP contribution in [-0.4, -0.2) is 23.7 Å². The molecule has 1 aromatic rings. The zero-order chi connectivity index (χ0) is 13.5.